The lowest BCUT2D eigenvalue weighted by Crippen LogP contribution is -2.14. The number of nitrogens with one attached hydrogen (secondary N) is 1. The maximum Gasteiger partial charge on any atom is 0.338 e. The third kappa shape index (κ3) is 2.79. The second-order valence-corrected chi connectivity index (χ2v) is 5.31. The van der Waals surface area contributed by atoms with Crippen LogP contribution in [0.2, 0.25) is 0 Å². The third-order valence-electron chi connectivity index (χ3n) is 2.58. The maximum absolute atomic E-state index is 12.1. The fourth-order valence-electron chi connectivity index (χ4n) is 1.66. The van der Waals surface area contributed by atoms with Gasteiger partial charge in [0.1, 0.15) is 5.00 Å². The number of amides is 1. The number of aryl methyl sites for hydroxylation is 2. The molecule has 2 aromatic rings. The van der Waals surface area contributed by atoms with E-state index in [1.54, 1.807) is 32.2 Å². The summed E-state index contributed by atoms with van der Waals surface area (Å²) < 4.78 is 0. The Morgan fingerprint density at radius 2 is 2.05 bits per heavy atom. The normalized spacial score (nSPS) is 10.2. The second-order valence-electron chi connectivity index (χ2n) is 4.05. The molecular formula is C13H12N2O3S. The van der Waals surface area contributed by atoms with Crippen molar-refractivity contribution in [1.82, 2.24) is 4.98 Å². The van der Waals surface area contributed by atoms with E-state index in [2.05, 4.69) is 10.3 Å². The van der Waals surface area contributed by atoms with Gasteiger partial charge < -0.3 is 10.4 Å². The molecule has 1 amide bonds. The number of carboxylic acid groups (broad SMARTS) is 1. The molecule has 2 heterocycles. The van der Waals surface area contributed by atoms with E-state index in [-0.39, 0.29) is 11.5 Å². The van der Waals surface area contributed by atoms with Gasteiger partial charge in [0, 0.05) is 22.8 Å². The van der Waals surface area contributed by atoms with Crippen molar-refractivity contribution in [2.45, 2.75) is 13.8 Å². The van der Waals surface area contributed by atoms with Crippen molar-refractivity contribution in [2.75, 3.05) is 5.32 Å². The number of hydrogen-bond acceptors (Lipinski definition) is 4. The predicted molar refractivity (Wildman–Crippen MR) is 72.9 cm³/mol. The lowest BCUT2D eigenvalue weighted by molar-refractivity contribution is 0.0698. The highest BCUT2D eigenvalue weighted by Gasteiger charge is 2.17. The summed E-state index contributed by atoms with van der Waals surface area (Å²) in [6, 6.07) is 3.15. The summed E-state index contributed by atoms with van der Waals surface area (Å²) in [6.45, 7) is 3.57. The number of anilines is 1. The quantitative estimate of drug-likeness (QED) is 0.903. The van der Waals surface area contributed by atoms with Crippen LogP contribution in [0.25, 0.3) is 0 Å². The second kappa shape index (κ2) is 5.19. The Balaban J connectivity index is 2.29. The smallest absolute Gasteiger partial charge is 0.338 e. The molecule has 5 nitrogen and oxygen atoms in total. The first-order valence-electron chi connectivity index (χ1n) is 5.54. The first-order valence-corrected chi connectivity index (χ1v) is 6.36. The maximum atomic E-state index is 12.1. The van der Waals surface area contributed by atoms with E-state index in [4.69, 9.17) is 5.11 Å². The average Bonchev–Trinajstić information content (AvgIpc) is 2.70. The van der Waals surface area contributed by atoms with Crippen LogP contribution < -0.4 is 5.32 Å². The molecule has 0 bridgehead atoms. The lowest BCUT2D eigenvalue weighted by atomic mass is 10.1. The van der Waals surface area contributed by atoms with Crippen molar-refractivity contribution in [3.05, 3.63) is 46.1 Å². The molecule has 2 aromatic heterocycles. The van der Waals surface area contributed by atoms with E-state index in [1.807, 2.05) is 0 Å². The molecule has 0 saturated carbocycles. The Morgan fingerprint density at radius 1 is 1.32 bits per heavy atom. The van der Waals surface area contributed by atoms with Gasteiger partial charge in [-0.25, -0.2) is 4.79 Å². The molecule has 19 heavy (non-hydrogen) atoms. The van der Waals surface area contributed by atoms with Crippen LogP contribution in [-0.2, 0) is 0 Å². The molecule has 0 aliphatic carbocycles. The Bertz CT molecular complexity index is 649. The molecule has 0 aliphatic rings. The fourth-order valence-corrected chi connectivity index (χ4v) is 2.56. The van der Waals surface area contributed by atoms with E-state index in [0.717, 1.165) is 10.4 Å². The van der Waals surface area contributed by atoms with Crippen molar-refractivity contribution in [3.8, 4) is 0 Å². The minimum Gasteiger partial charge on any atom is -0.478 e. The zero-order valence-corrected chi connectivity index (χ0v) is 11.2. The van der Waals surface area contributed by atoms with Crippen molar-refractivity contribution in [1.29, 1.82) is 0 Å². The Morgan fingerprint density at radius 3 is 2.68 bits per heavy atom. The van der Waals surface area contributed by atoms with Crippen LogP contribution in [-0.4, -0.2) is 22.0 Å². The van der Waals surface area contributed by atoms with Crippen LogP contribution in [0.15, 0.2) is 24.5 Å². The highest BCUT2D eigenvalue weighted by molar-refractivity contribution is 7.16. The van der Waals surface area contributed by atoms with Crippen LogP contribution in [0.3, 0.4) is 0 Å². The molecule has 0 saturated heterocycles. The minimum atomic E-state index is -1.05. The van der Waals surface area contributed by atoms with Crippen LogP contribution in [0, 0.1) is 13.8 Å². The van der Waals surface area contributed by atoms with Crippen LogP contribution in [0.1, 0.15) is 31.2 Å². The van der Waals surface area contributed by atoms with Crippen molar-refractivity contribution in [3.63, 3.8) is 0 Å². The highest BCUT2D eigenvalue weighted by Crippen LogP contribution is 2.28. The van der Waals surface area contributed by atoms with Gasteiger partial charge in [0.05, 0.1) is 5.56 Å². The average molecular weight is 276 g/mol. The van der Waals surface area contributed by atoms with Gasteiger partial charge in [-0.15, -0.1) is 11.3 Å². The molecule has 6 heteroatoms. The number of aromatic nitrogens is 1. The summed E-state index contributed by atoms with van der Waals surface area (Å²) in [5.74, 6) is -1.38. The van der Waals surface area contributed by atoms with Gasteiger partial charge in [-0.05, 0) is 31.5 Å². The van der Waals surface area contributed by atoms with Gasteiger partial charge in [-0.2, -0.15) is 0 Å². The van der Waals surface area contributed by atoms with Gasteiger partial charge in [-0.1, -0.05) is 0 Å². The first kappa shape index (κ1) is 13.2. The first-order chi connectivity index (χ1) is 8.99. The Labute approximate surface area is 113 Å². The zero-order chi connectivity index (χ0) is 14.0. The topological polar surface area (TPSA) is 79.3 Å². The van der Waals surface area contributed by atoms with Crippen LogP contribution >= 0.6 is 11.3 Å². The molecular weight excluding hydrogens is 264 g/mol. The minimum absolute atomic E-state index is 0.113. The van der Waals surface area contributed by atoms with E-state index >= 15 is 0 Å². The molecule has 0 aromatic carbocycles. The summed E-state index contributed by atoms with van der Waals surface area (Å²) in [5, 5.41) is 12.1. The van der Waals surface area contributed by atoms with E-state index in [9.17, 15) is 9.59 Å². The SMILES string of the molecule is Cc1cc(C(=O)O)c(NC(=O)c2ccncc2C)s1. The zero-order valence-electron chi connectivity index (χ0n) is 10.4. The summed E-state index contributed by atoms with van der Waals surface area (Å²) in [4.78, 5) is 27.9. The summed E-state index contributed by atoms with van der Waals surface area (Å²) in [5.41, 5.74) is 1.34. The molecule has 2 N–H and O–H groups in total. The van der Waals surface area contributed by atoms with Crippen molar-refractivity contribution < 1.29 is 14.7 Å². The number of carbonyl (C=O) groups excluding carboxylic acids is 1. The Kier molecular flexibility index (Phi) is 3.62. The number of pyridine rings is 1. The Hall–Kier alpha value is -2.21. The van der Waals surface area contributed by atoms with Crippen LogP contribution in [0.4, 0.5) is 5.00 Å². The van der Waals surface area contributed by atoms with Gasteiger partial charge >= 0.3 is 5.97 Å². The van der Waals surface area contributed by atoms with Crippen molar-refractivity contribution >= 4 is 28.2 Å². The van der Waals surface area contributed by atoms with Gasteiger partial charge in [0.25, 0.3) is 5.91 Å². The van der Waals surface area contributed by atoms with E-state index < -0.39 is 5.97 Å². The van der Waals surface area contributed by atoms with E-state index in [1.165, 1.54) is 17.5 Å². The number of rotatable bonds is 3. The van der Waals surface area contributed by atoms with Crippen molar-refractivity contribution in [2.24, 2.45) is 0 Å². The van der Waals surface area contributed by atoms with Crippen LogP contribution in [0.5, 0.6) is 0 Å². The predicted octanol–water partition coefficient (Wildman–Crippen LogP) is 2.71. The summed E-state index contributed by atoms with van der Waals surface area (Å²) in [7, 11) is 0. The number of nitrogens with zero attached hydrogens (tertiary/aromatic N) is 1. The van der Waals surface area contributed by atoms with Gasteiger partial charge in [-0.3, -0.25) is 9.78 Å². The third-order valence-corrected chi connectivity index (χ3v) is 3.54. The monoisotopic (exact) mass is 276 g/mol. The number of aromatic carboxylic acids is 1. The van der Waals surface area contributed by atoms with Gasteiger partial charge in [0.2, 0.25) is 0 Å². The molecule has 0 aliphatic heterocycles. The fraction of sp³-hybridized carbons (Fsp3) is 0.154. The number of thiophene rings is 1. The number of carbonyl (C=O) groups is 2. The molecule has 0 spiro atoms. The molecule has 2 rings (SSSR count). The summed E-state index contributed by atoms with van der Waals surface area (Å²) >= 11 is 1.24. The lowest BCUT2D eigenvalue weighted by Gasteiger charge is -2.06. The molecule has 98 valence electrons. The largest absolute Gasteiger partial charge is 0.478 e. The standard InChI is InChI=1S/C13H12N2O3S/c1-7-6-14-4-3-9(7)11(16)15-12-10(13(17)18)5-8(2)19-12/h3-6H,1-2H3,(H,15,16)(H,17,18). The van der Waals surface area contributed by atoms with E-state index in [0.29, 0.717) is 10.6 Å². The molecule has 0 radical (unpaired) electrons. The molecule has 0 fully saturated rings. The molecule has 0 atom stereocenters. The van der Waals surface area contributed by atoms with Gasteiger partial charge in [0.15, 0.2) is 0 Å². The highest BCUT2D eigenvalue weighted by atomic mass is 32.1. The number of hydrogen-bond donors (Lipinski definition) is 2. The summed E-state index contributed by atoms with van der Waals surface area (Å²) in [6.07, 6.45) is 3.12. The number of carboxylic acids is 1. The molecule has 0 unspecified atom stereocenters.